The van der Waals surface area contributed by atoms with E-state index in [1.54, 1.807) is 12.1 Å². The van der Waals surface area contributed by atoms with E-state index in [9.17, 15) is 4.79 Å². The average Bonchev–Trinajstić information content (AvgIpc) is 1.88. The van der Waals surface area contributed by atoms with Crippen molar-refractivity contribution >= 4 is 5.91 Å². The van der Waals surface area contributed by atoms with E-state index < -0.39 is 5.91 Å². The van der Waals surface area contributed by atoms with E-state index >= 15 is 0 Å². The van der Waals surface area contributed by atoms with E-state index in [2.05, 4.69) is 11.9 Å². The zero-order chi connectivity index (χ0) is 7.56. The Hall–Kier alpha value is -1.38. The number of hydrogen-bond donors (Lipinski definition) is 1. The van der Waals surface area contributed by atoms with Crippen molar-refractivity contribution in [1.82, 2.24) is 4.98 Å². The van der Waals surface area contributed by atoms with Crippen molar-refractivity contribution in [1.29, 1.82) is 0 Å². The first kappa shape index (κ1) is 6.74. The summed E-state index contributed by atoms with van der Waals surface area (Å²) in [6.45, 7) is 3.61. The predicted molar refractivity (Wildman–Crippen MR) is 37.2 cm³/mol. The average molecular weight is 135 g/mol. The van der Waals surface area contributed by atoms with Crippen LogP contribution >= 0.6 is 0 Å². The molecule has 0 saturated carbocycles. The van der Waals surface area contributed by atoms with Crippen molar-refractivity contribution in [3.05, 3.63) is 36.5 Å². The maximum Gasteiger partial charge on any atom is 0.267 e. The Morgan fingerprint density at radius 1 is 1.60 bits per heavy atom. The lowest BCUT2D eigenvalue weighted by Crippen LogP contribution is -2.12. The maximum absolute atomic E-state index is 10.5. The number of pyridine rings is 1. The van der Waals surface area contributed by atoms with Gasteiger partial charge in [0.2, 0.25) is 0 Å². The molecule has 0 bridgehead atoms. The Bertz CT molecular complexity index is 240. The van der Waals surface area contributed by atoms with Gasteiger partial charge in [-0.15, -0.1) is 0 Å². The van der Waals surface area contributed by atoms with E-state index in [4.69, 9.17) is 5.73 Å². The van der Waals surface area contributed by atoms with E-state index in [0.717, 1.165) is 5.56 Å². The lowest BCUT2D eigenvalue weighted by molar-refractivity contribution is 0.0995. The fourth-order valence-corrected chi connectivity index (χ4v) is 0.570. The van der Waals surface area contributed by atoms with Crippen molar-refractivity contribution in [2.24, 2.45) is 5.73 Å². The van der Waals surface area contributed by atoms with Gasteiger partial charge >= 0.3 is 0 Å². The number of hydrogen-bond acceptors (Lipinski definition) is 2. The minimum Gasteiger partial charge on any atom is -0.364 e. The number of nitrogens with two attached hydrogens (primary N) is 1. The Morgan fingerprint density at radius 3 is 2.70 bits per heavy atom. The molecule has 1 aromatic heterocycles. The zero-order valence-corrected chi connectivity index (χ0v) is 5.37. The molecule has 0 aliphatic carbocycles. The molecule has 1 heterocycles. The molecular weight excluding hydrogens is 128 g/mol. The summed E-state index contributed by atoms with van der Waals surface area (Å²) in [6, 6.07) is 3.23. The molecule has 3 nitrogen and oxygen atoms in total. The smallest absolute Gasteiger partial charge is 0.267 e. The predicted octanol–water partition coefficient (Wildman–Crippen LogP) is 0.363. The molecule has 0 fully saturated rings. The topological polar surface area (TPSA) is 56.0 Å². The molecule has 0 spiro atoms. The first-order chi connectivity index (χ1) is 4.70. The molecule has 1 aromatic rings. The summed E-state index contributed by atoms with van der Waals surface area (Å²) in [6.07, 6.45) is 1.50. The van der Waals surface area contributed by atoms with Crippen molar-refractivity contribution in [3.63, 3.8) is 0 Å². The molecule has 0 aliphatic rings. The second kappa shape index (κ2) is 2.47. The van der Waals surface area contributed by atoms with Gasteiger partial charge < -0.3 is 5.73 Å². The van der Waals surface area contributed by atoms with Gasteiger partial charge in [0.25, 0.3) is 5.91 Å². The molecule has 0 saturated heterocycles. The maximum atomic E-state index is 10.5. The molecule has 51 valence electrons. The molecule has 0 aromatic carbocycles. The van der Waals surface area contributed by atoms with Crippen molar-refractivity contribution in [3.8, 4) is 0 Å². The Kier molecular flexibility index (Phi) is 1.67. The highest BCUT2D eigenvalue weighted by molar-refractivity contribution is 5.90. The molecular formula is C7H7N2O. The summed E-state index contributed by atoms with van der Waals surface area (Å²) < 4.78 is 0. The van der Waals surface area contributed by atoms with Gasteiger partial charge in [-0.3, -0.25) is 9.78 Å². The van der Waals surface area contributed by atoms with Gasteiger partial charge in [0.15, 0.2) is 0 Å². The standard InChI is InChI=1S/C7H7N2O/c1-5-2-3-6(7(8)10)9-4-5/h2-4H,1H2,(H2,8,10). The van der Waals surface area contributed by atoms with Crippen LogP contribution in [0.1, 0.15) is 16.1 Å². The lowest BCUT2D eigenvalue weighted by atomic mass is 10.3. The number of carbonyl (C=O) groups excluding carboxylic acids is 1. The van der Waals surface area contributed by atoms with Gasteiger partial charge in [0.05, 0.1) is 0 Å². The van der Waals surface area contributed by atoms with Crippen LogP contribution in [0.3, 0.4) is 0 Å². The number of rotatable bonds is 1. The lowest BCUT2D eigenvalue weighted by Gasteiger charge is -1.92. The molecule has 0 unspecified atom stereocenters. The van der Waals surface area contributed by atoms with Crippen LogP contribution in [0.2, 0.25) is 0 Å². The van der Waals surface area contributed by atoms with Gasteiger partial charge in [0, 0.05) is 6.20 Å². The second-order valence-corrected chi connectivity index (χ2v) is 1.92. The Balaban J connectivity index is 3.00. The number of carbonyl (C=O) groups is 1. The molecule has 0 atom stereocenters. The normalized spacial score (nSPS) is 9.30. The number of nitrogens with zero attached hydrogens (tertiary/aromatic N) is 1. The molecule has 1 amide bonds. The fraction of sp³-hybridized carbons (Fsp3) is 0. The van der Waals surface area contributed by atoms with E-state index in [1.807, 2.05) is 0 Å². The Labute approximate surface area is 58.9 Å². The quantitative estimate of drug-likeness (QED) is 0.604. The summed E-state index contributed by atoms with van der Waals surface area (Å²) in [7, 11) is 0. The third-order valence-electron chi connectivity index (χ3n) is 1.08. The number of amides is 1. The second-order valence-electron chi connectivity index (χ2n) is 1.92. The van der Waals surface area contributed by atoms with E-state index in [1.165, 1.54) is 6.20 Å². The summed E-state index contributed by atoms with van der Waals surface area (Å²) in [5.74, 6) is -0.514. The third-order valence-corrected chi connectivity index (χ3v) is 1.08. The SMILES string of the molecule is [CH2]c1ccc(C(N)=O)nc1. The van der Waals surface area contributed by atoms with Crippen molar-refractivity contribution in [2.75, 3.05) is 0 Å². The highest BCUT2D eigenvalue weighted by Crippen LogP contribution is 1.96. The Morgan fingerprint density at radius 2 is 2.30 bits per heavy atom. The highest BCUT2D eigenvalue weighted by atomic mass is 16.1. The van der Waals surface area contributed by atoms with Gasteiger partial charge in [0.1, 0.15) is 5.69 Å². The highest BCUT2D eigenvalue weighted by Gasteiger charge is 1.98. The number of aromatic nitrogens is 1. The van der Waals surface area contributed by atoms with Crippen LogP contribution in [-0.4, -0.2) is 10.9 Å². The van der Waals surface area contributed by atoms with Gasteiger partial charge in [-0.2, -0.15) is 0 Å². The van der Waals surface area contributed by atoms with Gasteiger partial charge in [-0.05, 0) is 18.6 Å². The summed E-state index contributed by atoms with van der Waals surface area (Å²) in [4.78, 5) is 14.2. The molecule has 10 heavy (non-hydrogen) atoms. The van der Waals surface area contributed by atoms with E-state index in [-0.39, 0.29) is 5.69 Å². The summed E-state index contributed by atoms with van der Waals surface area (Å²) in [5.41, 5.74) is 5.98. The van der Waals surface area contributed by atoms with Crippen LogP contribution in [0.15, 0.2) is 18.3 Å². The monoisotopic (exact) mass is 135 g/mol. The van der Waals surface area contributed by atoms with Crippen LogP contribution in [-0.2, 0) is 0 Å². The summed E-state index contributed by atoms with van der Waals surface area (Å²) >= 11 is 0. The van der Waals surface area contributed by atoms with Gasteiger partial charge in [-0.1, -0.05) is 6.07 Å². The van der Waals surface area contributed by atoms with Crippen LogP contribution in [0.25, 0.3) is 0 Å². The summed E-state index contributed by atoms with van der Waals surface area (Å²) in [5, 5.41) is 0. The zero-order valence-electron chi connectivity index (χ0n) is 5.37. The molecule has 2 N–H and O–H groups in total. The van der Waals surface area contributed by atoms with Crippen LogP contribution in [0.5, 0.6) is 0 Å². The minimum atomic E-state index is -0.514. The van der Waals surface area contributed by atoms with Gasteiger partial charge in [-0.25, -0.2) is 0 Å². The molecule has 3 heteroatoms. The first-order valence-corrected chi connectivity index (χ1v) is 2.78. The molecule has 0 aliphatic heterocycles. The van der Waals surface area contributed by atoms with Crippen LogP contribution in [0, 0.1) is 6.92 Å². The van der Waals surface area contributed by atoms with Crippen LogP contribution < -0.4 is 5.73 Å². The largest absolute Gasteiger partial charge is 0.364 e. The fourth-order valence-electron chi connectivity index (χ4n) is 0.570. The van der Waals surface area contributed by atoms with Crippen LogP contribution in [0.4, 0.5) is 0 Å². The van der Waals surface area contributed by atoms with E-state index in [0.29, 0.717) is 0 Å². The number of primary amides is 1. The first-order valence-electron chi connectivity index (χ1n) is 2.78. The van der Waals surface area contributed by atoms with Crippen molar-refractivity contribution < 1.29 is 4.79 Å². The molecule has 1 rings (SSSR count). The minimum absolute atomic E-state index is 0.271. The van der Waals surface area contributed by atoms with Crippen molar-refractivity contribution in [2.45, 2.75) is 0 Å². The molecule has 1 radical (unpaired) electrons. The third kappa shape index (κ3) is 1.31.